The molecule has 0 aromatic heterocycles. The van der Waals surface area contributed by atoms with E-state index >= 15 is 0 Å². The molecule has 2 aromatic rings. The van der Waals surface area contributed by atoms with E-state index in [0.29, 0.717) is 30.2 Å². The highest BCUT2D eigenvalue weighted by atomic mass is 32.2. The predicted molar refractivity (Wildman–Crippen MR) is 94.9 cm³/mol. The molecule has 2 aromatic carbocycles. The zero-order chi connectivity index (χ0) is 18.3. The molecule has 0 saturated heterocycles. The number of nitrogens with one attached hydrogen (secondary N) is 1. The molecule has 1 amide bonds. The minimum atomic E-state index is -3.73. The topological polar surface area (TPSA) is 111 Å². The van der Waals surface area contributed by atoms with Crippen LogP contribution in [0.2, 0.25) is 0 Å². The Morgan fingerprint density at radius 2 is 1.96 bits per heavy atom. The van der Waals surface area contributed by atoms with Gasteiger partial charge >= 0.3 is 0 Å². The van der Waals surface area contributed by atoms with Gasteiger partial charge in [-0.2, -0.15) is 0 Å². The van der Waals surface area contributed by atoms with Crippen LogP contribution in [0.3, 0.4) is 0 Å². The number of benzene rings is 2. The lowest BCUT2D eigenvalue weighted by atomic mass is 10.2. The molecule has 0 bridgehead atoms. The molecule has 136 valence electrons. The van der Waals surface area contributed by atoms with Crippen LogP contribution in [0.4, 0.5) is 11.4 Å². The molecule has 2 aliphatic heterocycles. The quantitative estimate of drug-likeness (QED) is 0.827. The van der Waals surface area contributed by atoms with Crippen molar-refractivity contribution in [3.8, 4) is 11.5 Å². The molecule has 0 fully saturated rings. The van der Waals surface area contributed by atoms with Crippen LogP contribution in [0.25, 0.3) is 0 Å². The average Bonchev–Trinajstić information content (AvgIpc) is 3.20. The second kappa shape index (κ2) is 6.19. The van der Waals surface area contributed by atoms with Crippen molar-refractivity contribution >= 4 is 27.3 Å². The summed E-state index contributed by atoms with van der Waals surface area (Å²) in [5, 5.41) is 8.00. The number of amides is 1. The van der Waals surface area contributed by atoms with Gasteiger partial charge in [0.1, 0.15) is 0 Å². The monoisotopic (exact) mass is 375 g/mol. The van der Waals surface area contributed by atoms with Gasteiger partial charge < -0.3 is 19.7 Å². The van der Waals surface area contributed by atoms with Crippen LogP contribution in [0.15, 0.2) is 41.3 Å². The highest BCUT2D eigenvalue weighted by Crippen LogP contribution is 2.34. The Bertz CT molecular complexity index is 990. The maximum absolute atomic E-state index is 12.4. The van der Waals surface area contributed by atoms with E-state index < -0.39 is 10.0 Å². The fraction of sp³-hybridized carbons (Fsp3) is 0.235. The molecular formula is C17H17N3O5S. The lowest BCUT2D eigenvalue weighted by Crippen LogP contribution is -2.31. The zero-order valence-corrected chi connectivity index (χ0v) is 14.6. The van der Waals surface area contributed by atoms with Crippen LogP contribution >= 0.6 is 0 Å². The first-order valence-corrected chi connectivity index (χ1v) is 9.55. The highest BCUT2D eigenvalue weighted by molar-refractivity contribution is 7.89. The molecule has 3 N–H and O–H groups in total. The fourth-order valence-corrected chi connectivity index (χ4v) is 3.70. The number of rotatable bonds is 4. The number of nitrogens with zero attached hydrogens (tertiary/aromatic N) is 1. The highest BCUT2D eigenvalue weighted by Gasteiger charge is 2.23. The van der Waals surface area contributed by atoms with Gasteiger partial charge in [-0.1, -0.05) is 0 Å². The maximum Gasteiger partial charge on any atom is 0.243 e. The van der Waals surface area contributed by atoms with Gasteiger partial charge in [-0.3, -0.25) is 4.79 Å². The number of hydrogen-bond donors (Lipinski definition) is 2. The summed E-state index contributed by atoms with van der Waals surface area (Å²) >= 11 is 0. The van der Waals surface area contributed by atoms with Gasteiger partial charge in [0.05, 0.1) is 11.4 Å². The molecule has 0 saturated carbocycles. The van der Waals surface area contributed by atoms with Crippen LogP contribution in [0, 0.1) is 0 Å². The van der Waals surface area contributed by atoms with Crippen molar-refractivity contribution in [2.75, 3.05) is 30.1 Å². The third-order valence-electron chi connectivity index (χ3n) is 4.36. The van der Waals surface area contributed by atoms with E-state index in [1.807, 2.05) is 4.90 Å². The van der Waals surface area contributed by atoms with Crippen molar-refractivity contribution < 1.29 is 22.7 Å². The molecule has 0 aliphatic carbocycles. The summed E-state index contributed by atoms with van der Waals surface area (Å²) in [6, 6.07) is 9.94. The van der Waals surface area contributed by atoms with Gasteiger partial charge in [-0.05, 0) is 42.3 Å². The normalized spacial score (nSPS) is 15.0. The second-order valence-electron chi connectivity index (χ2n) is 6.12. The predicted octanol–water partition coefficient (Wildman–Crippen LogP) is 1.06. The van der Waals surface area contributed by atoms with Crippen LogP contribution < -0.4 is 24.8 Å². The zero-order valence-electron chi connectivity index (χ0n) is 13.8. The summed E-state index contributed by atoms with van der Waals surface area (Å²) in [7, 11) is -3.73. The number of ether oxygens (including phenoxy) is 2. The Labute approximate surface area is 150 Å². The molecule has 0 unspecified atom stereocenters. The Morgan fingerprint density at radius 1 is 1.15 bits per heavy atom. The van der Waals surface area contributed by atoms with Crippen LogP contribution in [0.1, 0.15) is 5.56 Å². The number of carbonyl (C=O) groups excluding carboxylic acids is 1. The van der Waals surface area contributed by atoms with E-state index in [4.69, 9.17) is 14.6 Å². The Kier molecular flexibility index (Phi) is 3.97. The van der Waals surface area contributed by atoms with Gasteiger partial charge in [-0.25, -0.2) is 13.6 Å². The van der Waals surface area contributed by atoms with Crippen molar-refractivity contribution in [1.29, 1.82) is 0 Å². The van der Waals surface area contributed by atoms with E-state index in [-0.39, 0.29) is 24.1 Å². The summed E-state index contributed by atoms with van der Waals surface area (Å²) < 4.78 is 33.5. The van der Waals surface area contributed by atoms with Gasteiger partial charge in [0, 0.05) is 24.0 Å². The van der Waals surface area contributed by atoms with E-state index in [9.17, 15) is 13.2 Å². The molecular weight excluding hydrogens is 358 g/mol. The number of anilines is 2. The first kappa shape index (κ1) is 16.7. The summed E-state index contributed by atoms with van der Waals surface area (Å²) in [4.78, 5) is 14.4. The molecule has 26 heavy (non-hydrogen) atoms. The second-order valence-corrected chi connectivity index (χ2v) is 7.68. The number of nitrogens with two attached hydrogens (primary N) is 1. The Morgan fingerprint density at radius 3 is 2.77 bits per heavy atom. The molecule has 2 aliphatic rings. The van der Waals surface area contributed by atoms with Crippen LogP contribution in [-0.4, -0.2) is 34.2 Å². The van der Waals surface area contributed by atoms with Crippen molar-refractivity contribution in [3.63, 3.8) is 0 Å². The van der Waals surface area contributed by atoms with Gasteiger partial charge in [0.25, 0.3) is 0 Å². The summed E-state index contributed by atoms with van der Waals surface area (Å²) in [6.45, 7) is 0.978. The number of carbonyl (C=O) groups is 1. The molecule has 2 heterocycles. The van der Waals surface area contributed by atoms with Crippen LogP contribution in [0.5, 0.6) is 11.5 Å². The third kappa shape index (κ3) is 3.18. The Hall–Kier alpha value is -2.78. The van der Waals surface area contributed by atoms with E-state index in [1.165, 1.54) is 6.07 Å². The first-order valence-electron chi connectivity index (χ1n) is 8.00. The summed E-state index contributed by atoms with van der Waals surface area (Å²) in [5.74, 6) is 1.08. The number of sulfonamides is 1. The van der Waals surface area contributed by atoms with E-state index in [2.05, 4.69) is 5.32 Å². The van der Waals surface area contributed by atoms with Crippen molar-refractivity contribution in [2.24, 2.45) is 5.14 Å². The fourth-order valence-electron chi connectivity index (χ4n) is 3.14. The van der Waals surface area contributed by atoms with Crippen molar-refractivity contribution in [2.45, 2.75) is 11.3 Å². The molecule has 4 rings (SSSR count). The SMILES string of the molecule is NS(=O)(=O)c1ccc2c(c1)CCN2CC(=O)Nc1ccc2c(c1)OCO2. The lowest BCUT2D eigenvalue weighted by Gasteiger charge is -2.19. The standard InChI is InChI=1S/C17H17N3O5S/c18-26(22,23)13-2-3-14-11(7-13)5-6-20(14)9-17(21)19-12-1-4-15-16(8-12)25-10-24-15/h1-4,7-8H,5-6,9-10H2,(H,19,21)(H2,18,22,23). The first-order chi connectivity index (χ1) is 12.4. The van der Waals surface area contributed by atoms with Gasteiger partial charge in [0.2, 0.25) is 22.7 Å². The number of hydrogen-bond acceptors (Lipinski definition) is 6. The summed E-state index contributed by atoms with van der Waals surface area (Å²) in [5.41, 5.74) is 2.34. The lowest BCUT2D eigenvalue weighted by molar-refractivity contribution is -0.115. The Balaban J connectivity index is 1.45. The van der Waals surface area contributed by atoms with Gasteiger partial charge in [0.15, 0.2) is 11.5 Å². The minimum Gasteiger partial charge on any atom is -0.454 e. The summed E-state index contributed by atoms with van der Waals surface area (Å²) in [6.07, 6.45) is 0.663. The van der Waals surface area contributed by atoms with Gasteiger partial charge in [-0.15, -0.1) is 0 Å². The molecule has 8 nitrogen and oxygen atoms in total. The largest absolute Gasteiger partial charge is 0.454 e. The molecule has 0 spiro atoms. The van der Waals surface area contributed by atoms with E-state index in [1.54, 1.807) is 30.3 Å². The minimum absolute atomic E-state index is 0.0860. The smallest absolute Gasteiger partial charge is 0.243 e. The number of primary sulfonamides is 1. The van der Waals surface area contributed by atoms with Crippen LogP contribution in [-0.2, 0) is 21.2 Å². The maximum atomic E-state index is 12.4. The van der Waals surface area contributed by atoms with Crippen molar-refractivity contribution in [3.05, 3.63) is 42.0 Å². The van der Waals surface area contributed by atoms with E-state index in [0.717, 1.165) is 11.3 Å². The average molecular weight is 375 g/mol. The molecule has 9 heteroatoms. The van der Waals surface area contributed by atoms with Crippen molar-refractivity contribution in [1.82, 2.24) is 0 Å². The molecule has 0 atom stereocenters. The third-order valence-corrected chi connectivity index (χ3v) is 5.27. The molecule has 0 radical (unpaired) electrons. The number of fused-ring (bicyclic) bond motifs is 2.